The molecular formula is C22H31N3O5S2. The van der Waals surface area contributed by atoms with Crippen LogP contribution in [0.4, 0.5) is 0 Å². The number of piperidine rings is 1. The predicted molar refractivity (Wildman–Crippen MR) is 125 cm³/mol. The van der Waals surface area contributed by atoms with Crippen LogP contribution in [0.15, 0.2) is 29.3 Å². The molecule has 32 heavy (non-hydrogen) atoms. The summed E-state index contributed by atoms with van der Waals surface area (Å²) < 4.78 is 33.4. The second-order valence-corrected chi connectivity index (χ2v) is 11.6. The average Bonchev–Trinajstić information content (AvgIpc) is 3.03. The van der Waals surface area contributed by atoms with Gasteiger partial charge in [0, 0.05) is 26.2 Å². The summed E-state index contributed by atoms with van der Waals surface area (Å²) in [6, 6.07) is 7.65. The second kappa shape index (κ2) is 10.7. The van der Waals surface area contributed by atoms with Crippen molar-refractivity contribution in [3.63, 3.8) is 0 Å². The number of likely N-dealkylation sites (tertiary alicyclic amines) is 1. The van der Waals surface area contributed by atoms with Crippen molar-refractivity contribution in [1.29, 1.82) is 0 Å². The fraction of sp³-hybridized carbons (Fsp3) is 0.591. The number of nitrogens with zero attached hydrogens (tertiary/aromatic N) is 3. The summed E-state index contributed by atoms with van der Waals surface area (Å²) in [5.41, 5.74) is 0.912. The van der Waals surface area contributed by atoms with Crippen molar-refractivity contribution in [3.05, 3.63) is 29.1 Å². The molecule has 3 rings (SSSR count). The zero-order chi connectivity index (χ0) is 23.3. The standard InChI is InChI=1S/C22H31N3O5S2/c1-4-30-10-9-25-18-7-5-6-8-19(18)31-22(25)23-20(26)14-32(28,29)15-21(27)24-12-16(2)11-17(3)13-24/h5-8,16-17H,4,9-15H2,1-3H3. The number of para-hydroxylation sites is 1. The Kier molecular flexibility index (Phi) is 8.24. The van der Waals surface area contributed by atoms with Gasteiger partial charge in [-0.3, -0.25) is 9.59 Å². The van der Waals surface area contributed by atoms with Crippen LogP contribution in [-0.4, -0.2) is 67.5 Å². The van der Waals surface area contributed by atoms with E-state index in [0.29, 0.717) is 49.5 Å². The summed E-state index contributed by atoms with van der Waals surface area (Å²) >= 11 is 1.32. The zero-order valence-corrected chi connectivity index (χ0v) is 20.5. The number of amides is 2. The molecule has 2 heterocycles. The van der Waals surface area contributed by atoms with Gasteiger partial charge in [-0.2, -0.15) is 4.99 Å². The van der Waals surface area contributed by atoms with Crippen LogP contribution in [-0.2, 0) is 30.7 Å². The first-order chi connectivity index (χ1) is 15.2. The molecule has 1 aliphatic rings. The van der Waals surface area contributed by atoms with Crippen molar-refractivity contribution >= 4 is 43.2 Å². The van der Waals surface area contributed by atoms with Crippen molar-refractivity contribution < 1.29 is 22.7 Å². The van der Waals surface area contributed by atoms with Crippen molar-refractivity contribution in [2.75, 3.05) is 37.8 Å². The Morgan fingerprint density at radius 2 is 1.84 bits per heavy atom. The molecule has 8 nitrogen and oxygen atoms in total. The summed E-state index contributed by atoms with van der Waals surface area (Å²) in [5, 5.41) is 0. The SMILES string of the molecule is CCOCCn1c(=NC(=O)CS(=O)(=O)CC(=O)N2CC(C)CC(C)C2)sc2ccccc21. The van der Waals surface area contributed by atoms with Gasteiger partial charge in [0.05, 0.1) is 16.8 Å². The highest BCUT2D eigenvalue weighted by molar-refractivity contribution is 7.92. The first-order valence-electron chi connectivity index (χ1n) is 10.9. The van der Waals surface area contributed by atoms with Gasteiger partial charge >= 0.3 is 0 Å². The number of sulfone groups is 1. The summed E-state index contributed by atoms with van der Waals surface area (Å²) in [5.74, 6) is -1.98. The van der Waals surface area contributed by atoms with E-state index < -0.39 is 33.2 Å². The number of benzene rings is 1. The molecular weight excluding hydrogens is 450 g/mol. The van der Waals surface area contributed by atoms with Crippen LogP contribution in [0.1, 0.15) is 27.2 Å². The van der Waals surface area contributed by atoms with E-state index in [1.54, 1.807) is 4.90 Å². The van der Waals surface area contributed by atoms with E-state index in [4.69, 9.17) is 4.74 Å². The Morgan fingerprint density at radius 1 is 1.16 bits per heavy atom. The minimum Gasteiger partial charge on any atom is -0.380 e. The van der Waals surface area contributed by atoms with Crippen LogP contribution in [0.25, 0.3) is 10.2 Å². The van der Waals surface area contributed by atoms with Gasteiger partial charge in [-0.05, 0) is 37.3 Å². The molecule has 0 aliphatic carbocycles. The highest BCUT2D eigenvalue weighted by Gasteiger charge is 2.29. The molecule has 0 spiro atoms. The van der Waals surface area contributed by atoms with Gasteiger partial charge in [-0.1, -0.05) is 37.3 Å². The lowest BCUT2D eigenvalue weighted by Gasteiger charge is -2.34. The Bertz CT molecular complexity index is 1130. The molecule has 0 bridgehead atoms. The van der Waals surface area contributed by atoms with E-state index >= 15 is 0 Å². The van der Waals surface area contributed by atoms with Crippen LogP contribution in [0, 0.1) is 11.8 Å². The predicted octanol–water partition coefficient (Wildman–Crippen LogP) is 2.09. The molecule has 0 radical (unpaired) electrons. The van der Waals surface area contributed by atoms with Crippen LogP contribution in [0.5, 0.6) is 0 Å². The molecule has 1 saturated heterocycles. The topological polar surface area (TPSA) is 98.0 Å². The number of hydrogen-bond donors (Lipinski definition) is 0. The van der Waals surface area contributed by atoms with E-state index in [1.165, 1.54) is 11.3 Å². The fourth-order valence-corrected chi connectivity index (χ4v) is 6.32. The molecule has 1 fully saturated rings. The van der Waals surface area contributed by atoms with Crippen LogP contribution in [0.2, 0.25) is 0 Å². The number of rotatable bonds is 8. The van der Waals surface area contributed by atoms with E-state index in [-0.39, 0.29) is 0 Å². The van der Waals surface area contributed by atoms with Crippen LogP contribution >= 0.6 is 11.3 Å². The fourth-order valence-electron chi connectivity index (χ4n) is 4.15. The Morgan fingerprint density at radius 3 is 2.53 bits per heavy atom. The lowest BCUT2D eigenvalue weighted by Crippen LogP contribution is -2.45. The third-order valence-corrected chi connectivity index (χ3v) is 7.81. The summed E-state index contributed by atoms with van der Waals surface area (Å²) in [6.07, 6.45) is 1.02. The monoisotopic (exact) mass is 481 g/mol. The van der Waals surface area contributed by atoms with Gasteiger partial charge in [-0.15, -0.1) is 0 Å². The van der Waals surface area contributed by atoms with E-state index in [2.05, 4.69) is 18.8 Å². The molecule has 2 amide bonds. The highest BCUT2D eigenvalue weighted by Crippen LogP contribution is 2.21. The Balaban J connectivity index is 1.74. The van der Waals surface area contributed by atoms with Gasteiger partial charge in [0.25, 0.3) is 5.91 Å². The summed E-state index contributed by atoms with van der Waals surface area (Å²) in [7, 11) is -3.91. The molecule has 0 saturated carbocycles. The maximum atomic E-state index is 12.6. The van der Waals surface area contributed by atoms with E-state index in [1.807, 2.05) is 35.8 Å². The molecule has 2 atom stereocenters. The first-order valence-corrected chi connectivity index (χ1v) is 13.5. The molecule has 0 N–H and O–H groups in total. The lowest BCUT2D eigenvalue weighted by atomic mass is 9.92. The maximum absolute atomic E-state index is 12.6. The summed E-state index contributed by atoms with van der Waals surface area (Å²) in [6.45, 7) is 8.66. The minimum absolute atomic E-state index is 0.335. The minimum atomic E-state index is -3.91. The van der Waals surface area contributed by atoms with E-state index in [0.717, 1.165) is 16.6 Å². The zero-order valence-electron chi connectivity index (χ0n) is 18.8. The quantitative estimate of drug-likeness (QED) is 0.538. The molecule has 1 aromatic carbocycles. The van der Waals surface area contributed by atoms with E-state index in [9.17, 15) is 18.0 Å². The highest BCUT2D eigenvalue weighted by atomic mass is 32.2. The third kappa shape index (κ3) is 6.49. The van der Waals surface area contributed by atoms with Crippen LogP contribution in [0.3, 0.4) is 0 Å². The lowest BCUT2D eigenvalue weighted by molar-refractivity contribution is -0.131. The van der Waals surface area contributed by atoms with Gasteiger partial charge in [-0.25, -0.2) is 8.42 Å². The van der Waals surface area contributed by atoms with Gasteiger partial charge in [0.1, 0.15) is 11.5 Å². The van der Waals surface area contributed by atoms with Gasteiger partial charge in [0.15, 0.2) is 14.6 Å². The van der Waals surface area contributed by atoms with Crippen molar-refractivity contribution in [2.24, 2.45) is 16.8 Å². The number of carbonyl (C=O) groups excluding carboxylic acids is 2. The Labute approximate surface area is 192 Å². The molecule has 176 valence electrons. The average molecular weight is 482 g/mol. The molecule has 2 unspecified atom stereocenters. The van der Waals surface area contributed by atoms with Crippen molar-refractivity contribution in [1.82, 2.24) is 9.47 Å². The first kappa shape index (κ1) is 24.6. The smallest absolute Gasteiger partial charge is 0.263 e. The Hall–Kier alpha value is -2.04. The second-order valence-electron chi connectivity index (χ2n) is 8.48. The molecule has 1 aliphatic heterocycles. The largest absolute Gasteiger partial charge is 0.380 e. The number of thiazole rings is 1. The normalized spacial score (nSPS) is 20.1. The maximum Gasteiger partial charge on any atom is 0.263 e. The number of aromatic nitrogens is 1. The summed E-state index contributed by atoms with van der Waals surface area (Å²) in [4.78, 5) is 31.2. The van der Waals surface area contributed by atoms with Crippen LogP contribution < -0.4 is 4.80 Å². The van der Waals surface area contributed by atoms with Gasteiger partial charge in [0.2, 0.25) is 5.91 Å². The van der Waals surface area contributed by atoms with Crippen molar-refractivity contribution in [2.45, 2.75) is 33.7 Å². The third-order valence-electron chi connectivity index (χ3n) is 5.38. The van der Waals surface area contributed by atoms with Gasteiger partial charge < -0.3 is 14.2 Å². The number of ether oxygens (including phenoxy) is 1. The van der Waals surface area contributed by atoms with Crippen molar-refractivity contribution in [3.8, 4) is 0 Å². The molecule has 1 aromatic heterocycles. The number of carbonyl (C=O) groups is 2. The number of fused-ring (bicyclic) bond motifs is 1. The number of hydrogen-bond acceptors (Lipinski definition) is 6. The molecule has 2 aromatic rings. The molecule has 10 heteroatoms.